The van der Waals surface area contributed by atoms with E-state index in [1.54, 1.807) is 0 Å². The van der Waals surface area contributed by atoms with Crippen molar-refractivity contribution in [3.05, 3.63) is 11.9 Å². The maximum absolute atomic E-state index is 12.6. The largest absolute Gasteiger partial charge is 0.356 e. The molecule has 3 heterocycles. The van der Waals surface area contributed by atoms with E-state index in [0.717, 1.165) is 38.5 Å². The van der Waals surface area contributed by atoms with Gasteiger partial charge < -0.3 is 19.7 Å². The van der Waals surface area contributed by atoms with Crippen molar-refractivity contribution in [3.8, 4) is 0 Å². The van der Waals surface area contributed by atoms with Crippen LogP contribution >= 0.6 is 0 Å². The Bertz CT molecular complexity index is 486. The van der Waals surface area contributed by atoms with Gasteiger partial charge in [-0.15, -0.1) is 0 Å². The summed E-state index contributed by atoms with van der Waals surface area (Å²) in [6.07, 6.45) is 2.97. The molecule has 3 rings (SSSR count). The second-order valence-electron chi connectivity index (χ2n) is 6.14. The summed E-state index contributed by atoms with van der Waals surface area (Å²) in [6, 6.07) is 0.439. The average Bonchev–Trinajstić information content (AvgIpc) is 3.01. The van der Waals surface area contributed by atoms with Gasteiger partial charge in [-0.05, 0) is 26.4 Å². The number of carbonyl (C=O) groups excluding carboxylic acids is 1. The Morgan fingerprint density at radius 2 is 2.25 bits per heavy atom. The van der Waals surface area contributed by atoms with Crippen molar-refractivity contribution < 1.29 is 4.79 Å². The molecule has 1 saturated heterocycles. The molecule has 1 fully saturated rings. The summed E-state index contributed by atoms with van der Waals surface area (Å²) < 4.78 is 2.04. The first kappa shape index (κ1) is 13.4. The lowest BCUT2D eigenvalue weighted by atomic mass is 10.1. The van der Waals surface area contributed by atoms with Crippen LogP contribution in [0.25, 0.3) is 0 Å². The Morgan fingerprint density at radius 3 is 2.90 bits per heavy atom. The van der Waals surface area contributed by atoms with E-state index in [4.69, 9.17) is 0 Å². The standard InChI is InChI=1S/C14H23N5O/c1-10-7-19(9-12(10)17(2)3)13(20)11-8-18-6-4-5-15-14(18)16-11/h8,10,12H,4-7,9H2,1-3H3,(H,15,16). The van der Waals surface area contributed by atoms with Gasteiger partial charge in [-0.25, -0.2) is 4.98 Å². The fraction of sp³-hybridized carbons (Fsp3) is 0.714. The highest BCUT2D eigenvalue weighted by Gasteiger charge is 2.35. The molecule has 1 aromatic rings. The predicted molar refractivity (Wildman–Crippen MR) is 77.9 cm³/mol. The number of anilines is 1. The zero-order chi connectivity index (χ0) is 14.3. The lowest BCUT2D eigenvalue weighted by molar-refractivity contribution is 0.0776. The van der Waals surface area contributed by atoms with Gasteiger partial charge in [0.2, 0.25) is 5.95 Å². The van der Waals surface area contributed by atoms with E-state index in [-0.39, 0.29) is 5.91 Å². The molecular weight excluding hydrogens is 254 g/mol. The number of fused-ring (bicyclic) bond motifs is 1. The number of amides is 1. The zero-order valence-corrected chi connectivity index (χ0v) is 12.5. The summed E-state index contributed by atoms with van der Waals surface area (Å²) in [4.78, 5) is 21.2. The summed E-state index contributed by atoms with van der Waals surface area (Å²) >= 11 is 0. The van der Waals surface area contributed by atoms with Gasteiger partial charge in [0.1, 0.15) is 5.69 Å². The molecule has 0 radical (unpaired) electrons. The minimum Gasteiger partial charge on any atom is -0.356 e. The van der Waals surface area contributed by atoms with Crippen LogP contribution in [0.5, 0.6) is 0 Å². The minimum atomic E-state index is 0.0601. The molecule has 110 valence electrons. The van der Waals surface area contributed by atoms with E-state index >= 15 is 0 Å². The van der Waals surface area contributed by atoms with Crippen LogP contribution in [0, 0.1) is 5.92 Å². The van der Waals surface area contributed by atoms with Crippen molar-refractivity contribution in [1.82, 2.24) is 19.4 Å². The molecule has 1 N–H and O–H groups in total. The molecule has 0 aliphatic carbocycles. The molecule has 6 nitrogen and oxygen atoms in total. The van der Waals surface area contributed by atoms with Gasteiger partial charge in [-0.2, -0.15) is 0 Å². The molecule has 0 saturated carbocycles. The van der Waals surface area contributed by atoms with Gasteiger partial charge in [0.25, 0.3) is 5.91 Å². The van der Waals surface area contributed by atoms with E-state index in [1.165, 1.54) is 0 Å². The highest BCUT2D eigenvalue weighted by atomic mass is 16.2. The van der Waals surface area contributed by atoms with E-state index in [2.05, 4.69) is 36.2 Å². The van der Waals surface area contributed by atoms with Gasteiger partial charge in [0.05, 0.1) is 0 Å². The number of likely N-dealkylation sites (N-methyl/N-ethyl adjacent to an activating group) is 1. The SMILES string of the molecule is CC1CN(C(=O)c2cn3c(n2)NCCC3)CC1N(C)C. The highest BCUT2D eigenvalue weighted by molar-refractivity contribution is 5.93. The summed E-state index contributed by atoms with van der Waals surface area (Å²) in [5.41, 5.74) is 0.570. The molecule has 0 aromatic carbocycles. The number of nitrogens with one attached hydrogen (secondary N) is 1. The molecule has 2 aliphatic rings. The predicted octanol–water partition coefficient (Wildman–Crippen LogP) is 0.721. The van der Waals surface area contributed by atoms with Crippen molar-refractivity contribution in [3.63, 3.8) is 0 Å². The quantitative estimate of drug-likeness (QED) is 0.865. The normalized spacial score (nSPS) is 25.7. The van der Waals surface area contributed by atoms with E-state index in [9.17, 15) is 4.79 Å². The topological polar surface area (TPSA) is 53.4 Å². The van der Waals surface area contributed by atoms with E-state index in [1.807, 2.05) is 15.7 Å². The van der Waals surface area contributed by atoms with Crippen LogP contribution in [0.4, 0.5) is 5.95 Å². The minimum absolute atomic E-state index is 0.0601. The molecule has 1 aromatic heterocycles. The number of carbonyl (C=O) groups is 1. The third-order valence-electron chi connectivity index (χ3n) is 4.38. The summed E-state index contributed by atoms with van der Waals surface area (Å²) in [6.45, 7) is 5.70. The first-order valence-electron chi connectivity index (χ1n) is 7.33. The summed E-state index contributed by atoms with van der Waals surface area (Å²) in [5.74, 6) is 1.39. The first-order chi connectivity index (χ1) is 9.56. The van der Waals surface area contributed by atoms with Gasteiger partial charge in [-0.3, -0.25) is 4.79 Å². The van der Waals surface area contributed by atoms with Crippen LogP contribution in [0.15, 0.2) is 6.20 Å². The Kier molecular flexibility index (Phi) is 3.41. The number of rotatable bonds is 2. The second-order valence-corrected chi connectivity index (χ2v) is 6.14. The molecule has 1 amide bonds. The van der Waals surface area contributed by atoms with E-state index < -0.39 is 0 Å². The third kappa shape index (κ3) is 2.28. The fourth-order valence-electron chi connectivity index (χ4n) is 3.23. The van der Waals surface area contributed by atoms with Gasteiger partial charge >= 0.3 is 0 Å². The number of aromatic nitrogens is 2. The summed E-state index contributed by atoms with van der Waals surface area (Å²) in [5, 5.41) is 3.24. The maximum atomic E-state index is 12.6. The van der Waals surface area contributed by atoms with Crippen molar-refractivity contribution >= 4 is 11.9 Å². The highest BCUT2D eigenvalue weighted by Crippen LogP contribution is 2.23. The Hall–Kier alpha value is -1.56. The van der Waals surface area contributed by atoms with Gasteiger partial charge in [0, 0.05) is 38.4 Å². The number of imidazole rings is 1. The smallest absolute Gasteiger partial charge is 0.274 e. The van der Waals surface area contributed by atoms with Crippen molar-refractivity contribution in [2.75, 3.05) is 39.0 Å². The number of aryl methyl sites for hydroxylation is 1. The number of likely N-dealkylation sites (tertiary alicyclic amines) is 1. The van der Waals surface area contributed by atoms with Gasteiger partial charge in [0.15, 0.2) is 0 Å². The van der Waals surface area contributed by atoms with Crippen molar-refractivity contribution in [2.24, 2.45) is 5.92 Å². The summed E-state index contributed by atoms with van der Waals surface area (Å²) in [7, 11) is 4.16. The Balaban J connectivity index is 1.75. The number of nitrogens with zero attached hydrogens (tertiary/aromatic N) is 4. The molecule has 6 heteroatoms. The van der Waals surface area contributed by atoms with E-state index in [0.29, 0.717) is 17.7 Å². The first-order valence-corrected chi connectivity index (χ1v) is 7.33. The Labute approximate surface area is 119 Å². The third-order valence-corrected chi connectivity index (χ3v) is 4.38. The van der Waals surface area contributed by atoms with Crippen LogP contribution in [0.1, 0.15) is 23.8 Å². The second kappa shape index (κ2) is 5.09. The van der Waals surface area contributed by atoms with Crippen LogP contribution in [-0.4, -0.2) is 65.0 Å². The fourth-order valence-corrected chi connectivity index (χ4v) is 3.23. The lowest BCUT2D eigenvalue weighted by Crippen LogP contribution is -2.35. The molecular formula is C14H23N5O. The van der Waals surface area contributed by atoms with Crippen LogP contribution in [-0.2, 0) is 6.54 Å². The molecule has 0 bridgehead atoms. The van der Waals surface area contributed by atoms with Crippen molar-refractivity contribution in [1.29, 1.82) is 0 Å². The molecule has 0 spiro atoms. The molecule has 20 heavy (non-hydrogen) atoms. The zero-order valence-electron chi connectivity index (χ0n) is 12.5. The lowest BCUT2D eigenvalue weighted by Gasteiger charge is -2.22. The van der Waals surface area contributed by atoms with Gasteiger partial charge in [-0.1, -0.05) is 6.92 Å². The Morgan fingerprint density at radius 1 is 1.45 bits per heavy atom. The molecule has 2 atom stereocenters. The maximum Gasteiger partial charge on any atom is 0.274 e. The molecule has 2 aliphatic heterocycles. The van der Waals surface area contributed by atoms with Crippen molar-refractivity contribution in [2.45, 2.75) is 25.9 Å². The number of hydrogen-bond donors (Lipinski definition) is 1. The van der Waals surface area contributed by atoms with Crippen LogP contribution < -0.4 is 5.32 Å². The van der Waals surface area contributed by atoms with Crippen LogP contribution in [0.2, 0.25) is 0 Å². The monoisotopic (exact) mass is 277 g/mol. The molecule has 2 unspecified atom stereocenters. The average molecular weight is 277 g/mol. The van der Waals surface area contributed by atoms with Crippen LogP contribution in [0.3, 0.4) is 0 Å². The number of hydrogen-bond acceptors (Lipinski definition) is 4.